The first kappa shape index (κ1) is 11.3. The lowest BCUT2D eigenvalue weighted by molar-refractivity contribution is -0.129. The number of aliphatic carboxylic acids is 1. The number of nitrogens with zero attached hydrogens (tertiary/aromatic N) is 2. The average molecular weight is 232 g/mol. The van der Waals surface area contributed by atoms with Crippen LogP contribution in [0.25, 0.3) is 0 Å². The smallest absolute Gasteiger partial charge is 0.352 e. The summed E-state index contributed by atoms with van der Waals surface area (Å²) in [5.41, 5.74) is 2.51. The number of carbonyl (C=O) groups is 2. The second-order valence-electron chi connectivity index (χ2n) is 4.08. The number of carboxylic acid groups (broad SMARTS) is 1. The van der Waals surface area contributed by atoms with Crippen LogP contribution in [0.2, 0.25) is 0 Å². The van der Waals surface area contributed by atoms with Crippen LogP contribution >= 0.6 is 0 Å². The number of carbonyl (C=O) groups excluding carboxylic acids is 1. The quantitative estimate of drug-likeness (QED) is 0.839. The van der Waals surface area contributed by atoms with Crippen molar-refractivity contribution in [1.82, 2.24) is 0 Å². The molecule has 0 radical (unpaired) electrons. The second kappa shape index (κ2) is 4.01. The van der Waals surface area contributed by atoms with E-state index in [1.807, 2.05) is 19.9 Å². The minimum atomic E-state index is -1.15. The summed E-state index contributed by atoms with van der Waals surface area (Å²) in [7, 11) is 0. The van der Waals surface area contributed by atoms with E-state index in [9.17, 15) is 9.59 Å². The van der Waals surface area contributed by atoms with E-state index in [1.165, 1.54) is 0 Å². The average Bonchev–Trinajstić information content (AvgIpc) is 2.59. The summed E-state index contributed by atoms with van der Waals surface area (Å²) in [5.74, 6) is -1.46. The summed E-state index contributed by atoms with van der Waals surface area (Å²) in [6, 6.07) is 5.59. The molecule has 1 aromatic rings. The van der Waals surface area contributed by atoms with Crippen molar-refractivity contribution in [2.45, 2.75) is 20.3 Å². The van der Waals surface area contributed by atoms with Gasteiger partial charge in [-0.25, -0.2) is 4.79 Å². The fourth-order valence-electron chi connectivity index (χ4n) is 1.82. The molecule has 1 aliphatic heterocycles. The molecule has 2 rings (SSSR count). The number of hydrazone groups is 1. The van der Waals surface area contributed by atoms with Gasteiger partial charge in [-0.3, -0.25) is 4.79 Å². The fourth-order valence-corrected chi connectivity index (χ4v) is 1.82. The zero-order valence-electron chi connectivity index (χ0n) is 9.60. The Hall–Kier alpha value is -2.17. The van der Waals surface area contributed by atoms with Gasteiger partial charge in [0.15, 0.2) is 5.71 Å². The Balaban J connectivity index is 2.40. The van der Waals surface area contributed by atoms with Crippen LogP contribution in [0.5, 0.6) is 0 Å². The van der Waals surface area contributed by atoms with Crippen molar-refractivity contribution in [3.8, 4) is 0 Å². The SMILES string of the molecule is Cc1cc(C)cc(N2N=C(C(=O)O)CC2=O)c1. The van der Waals surface area contributed by atoms with Crippen LogP contribution in [-0.2, 0) is 9.59 Å². The summed E-state index contributed by atoms with van der Waals surface area (Å²) in [6.45, 7) is 3.83. The van der Waals surface area contributed by atoms with Gasteiger partial charge in [-0.15, -0.1) is 0 Å². The molecule has 1 amide bonds. The molecule has 5 nitrogen and oxygen atoms in total. The van der Waals surface area contributed by atoms with Gasteiger partial charge in [0.1, 0.15) is 0 Å². The number of carboxylic acids is 1. The van der Waals surface area contributed by atoms with Gasteiger partial charge in [0.05, 0.1) is 12.1 Å². The summed E-state index contributed by atoms with van der Waals surface area (Å²) < 4.78 is 0. The van der Waals surface area contributed by atoms with Gasteiger partial charge in [-0.1, -0.05) is 6.07 Å². The van der Waals surface area contributed by atoms with Crippen molar-refractivity contribution in [1.29, 1.82) is 0 Å². The lowest BCUT2D eigenvalue weighted by atomic mass is 10.1. The molecule has 1 aliphatic rings. The van der Waals surface area contributed by atoms with E-state index in [2.05, 4.69) is 5.10 Å². The molecule has 0 aromatic heterocycles. The molecule has 0 bridgehead atoms. The normalized spacial score (nSPS) is 15.1. The Labute approximate surface area is 98.4 Å². The highest BCUT2D eigenvalue weighted by molar-refractivity contribution is 6.42. The summed E-state index contributed by atoms with van der Waals surface area (Å²) in [4.78, 5) is 22.4. The fraction of sp³-hybridized carbons (Fsp3) is 0.250. The molecule has 17 heavy (non-hydrogen) atoms. The molecule has 5 heteroatoms. The first-order chi connectivity index (χ1) is 7.97. The van der Waals surface area contributed by atoms with E-state index in [4.69, 9.17) is 5.11 Å². The third-order valence-corrected chi connectivity index (χ3v) is 2.47. The third-order valence-electron chi connectivity index (χ3n) is 2.47. The van der Waals surface area contributed by atoms with Gasteiger partial charge in [0.2, 0.25) is 0 Å². The molecule has 0 spiro atoms. The van der Waals surface area contributed by atoms with Crippen LogP contribution < -0.4 is 5.01 Å². The summed E-state index contributed by atoms with van der Waals surface area (Å²) in [5, 5.41) is 13.8. The lowest BCUT2D eigenvalue weighted by Crippen LogP contribution is -2.19. The van der Waals surface area contributed by atoms with Crippen molar-refractivity contribution < 1.29 is 14.7 Å². The zero-order chi connectivity index (χ0) is 12.6. The maximum Gasteiger partial charge on any atom is 0.352 e. The topological polar surface area (TPSA) is 70.0 Å². The van der Waals surface area contributed by atoms with E-state index in [1.54, 1.807) is 12.1 Å². The number of hydrogen-bond acceptors (Lipinski definition) is 3. The monoisotopic (exact) mass is 232 g/mol. The van der Waals surface area contributed by atoms with Crippen molar-refractivity contribution >= 4 is 23.3 Å². The number of anilines is 1. The summed E-state index contributed by atoms with van der Waals surface area (Å²) >= 11 is 0. The van der Waals surface area contributed by atoms with Crippen molar-refractivity contribution in [3.05, 3.63) is 29.3 Å². The molecular formula is C12H12N2O3. The number of rotatable bonds is 2. The molecule has 0 fully saturated rings. The van der Waals surface area contributed by atoms with Crippen molar-refractivity contribution in [3.63, 3.8) is 0 Å². The molecule has 0 aliphatic carbocycles. The van der Waals surface area contributed by atoms with Crippen LogP contribution in [-0.4, -0.2) is 22.7 Å². The first-order valence-corrected chi connectivity index (χ1v) is 5.19. The first-order valence-electron chi connectivity index (χ1n) is 5.19. The maximum atomic E-state index is 11.7. The van der Waals surface area contributed by atoms with E-state index in [-0.39, 0.29) is 18.0 Å². The Morgan fingerprint density at radius 1 is 1.29 bits per heavy atom. The Morgan fingerprint density at radius 3 is 2.35 bits per heavy atom. The summed E-state index contributed by atoms with van der Waals surface area (Å²) in [6.07, 6.45) is -0.150. The van der Waals surface area contributed by atoms with Crippen LogP contribution in [0.1, 0.15) is 17.5 Å². The van der Waals surface area contributed by atoms with Crippen molar-refractivity contribution in [2.75, 3.05) is 5.01 Å². The minimum Gasteiger partial charge on any atom is -0.477 e. The second-order valence-corrected chi connectivity index (χ2v) is 4.08. The zero-order valence-corrected chi connectivity index (χ0v) is 9.60. The van der Waals surface area contributed by atoms with Crippen LogP contribution in [0.15, 0.2) is 23.3 Å². The van der Waals surface area contributed by atoms with Crippen LogP contribution in [0.3, 0.4) is 0 Å². The van der Waals surface area contributed by atoms with E-state index in [0.717, 1.165) is 16.1 Å². The highest BCUT2D eigenvalue weighted by Gasteiger charge is 2.29. The predicted molar refractivity (Wildman–Crippen MR) is 63.1 cm³/mol. The van der Waals surface area contributed by atoms with E-state index in [0.29, 0.717) is 5.69 Å². The van der Waals surface area contributed by atoms with Gasteiger partial charge in [0.25, 0.3) is 5.91 Å². The van der Waals surface area contributed by atoms with Gasteiger partial charge < -0.3 is 5.11 Å². The van der Waals surface area contributed by atoms with E-state index >= 15 is 0 Å². The van der Waals surface area contributed by atoms with E-state index < -0.39 is 5.97 Å². The molecule has 88 valence electrons. The molecule has 1 heterocycles. The molecule has 1 N–H and O–H groups in total. The number of amides is 1. The molecule has 0 saturated carbocycles. The van der Waals surface area contributed by atoms with Gasteiger partial charge >= 0.3 is 5.97 Å². The Kier molecular flexibility index (Phi) is 2.67. The molecular weight excluding hydrogens is 220 g/mol. The number of hydrogen-bond donors (Lipinski definition) is 1. The Morgan fingerprint density at radius 2 is 1.88 bits per heavy atom. The Bertz CT molecular complexity index is 514. The van der Waals surface area contributed by atoms with Crippen LogP contribution in [0.4, 0.5) is 5.69 Å². The van der Waals surface area contributed by atoms with Gasteiger partial charge in [-0.05, 0) is 37.1 Å². The van der Waals surface area contributed by atoms with Crippen molar-refractivity contribution in [2.24, 2.45) is 5.10 Å². The number of aryl methyl sites for hydroxylation is 2. The molecule has 0 saturated heterocycles. The highest BCUT2D eigenvalue weighted by atomic mass is 16.4. The third kappa shape index (κ3) is 2.18. The largest absolute Gasteiger partial charge is 0.477 e. The predicted octanol–water partition coefficient (Wildman–Crippen LogP) is 1.48. The molecule has 1 aromatic carbocycles. The van der Waals surface area contributed by atoms with Gasteiger partial charge in [0, 0.05) is 0 Å². The molecule has 0 atom stereocenters. The standard InChI is InChI=1S/C12H12N2O3/c1-7-3-8(2)5-9(4-7)14-11(15)6-10(13-14)12(16)17/h3-5H,6H2,1-2H3,(H,16,17). The van der Waals surface area contributed by atoms with Crippen LogP contribution in [0, 0.1) is 13.8 Å². The highest BCUT2D eigenvalue weighted by Crippen LogP contribution is 2.23. The van der Waals surface area contributed by atoms with Gasteiger partial charge in [-0.2, -0.15) is 10.1 Å². The minimum absolute atomic E-state index is 0.117. The molecule has 0 unspecified atom stereocenters. The lowest BCUT2D eigenvalue weighted by Gasteiger charge is -2.13. The number of benzene rings is 1. The maximum absolute atomic E-state index is 11.7.